The predicted molar refractivity (Wildman–Crippen MR) is 73.8 cm³/mol. The van der Waals surface area contributed by atoms with Gasteiger partial charge in [0, 0.05) is 4.47 Å². The first kappa shape index (κ1) is 12.7. The van der Waals surface area contributed by atoms with Gasteiger partial charge in [0.25, 0.3) is 0 Å². The second-order valence-corrected chi connectivity index (χ2v) is 5.13. The molecule has 0 saturated heterocycles. The molecule has 0 saturated carbocycles. The molecule has 1 N–H and O–H groups in total. The smallest absolute Gasteiger partial charge is 0.0876 e. The Bertz CT molecular complexity index is 403. The van der Waals surface area contributed by atoms with E-state index in [1.54, 1.807) is 0 Å². The van der Waals surface area contributed by atoms with Crippen LogP contribution in [0, 0.1) is 0 Å². The molecule has 92 valence electrons. The molecule has 3 heteroatoms. The molecule has 0 spiro atoms. The molecule has 17 heavy (non-hydrogen) atoms. The Hall–Kier alpha value is -0.800. The fourth-order valence-corrected chi connectivity index (χ4v) is 2.57. The van der Waals surface area contributed by atoms with Crippen molar-refractivity contribution in [3.8, 4) is 0 Å². The molecule has 1 aliphatic heterocycles. The van der Waals surface area contributed by atoms with Crippen molar-refractivity contribution < 1.29 is 4.74 Å². The zero-order valence-corrected chi connectivity index (χ0v) is 11.7. The number of rotatable bonds is 4. The van der Waals surface area contributed by atoms with E-state index in [4.69, 9.17) is 4.74 Å². The third kappa shape index (κ3) is 3.33. The Labute approximate surface area is 111 Å². The Morgan fingerprint density at radius 2 is 2.35 bits per heavy atom. The van der Waals surface area contributed by atoms with Gasteiger partial charge in [-0.3, -0.25) is 0 Å². The molecule has 0 fully saturated rings. The van der Waals surface area contributed by atoms with Crippen molar-refractivity contribution in [2.75, 3.05) is 13.2 Å². The molecule has 0 aliphatic carbocycles. The van der Waals surface area contributed by atoms with Crippen LogP contribution in [0.2, 0.25) is 0 Å². The maximum atomic E-state index is 5.45. The number of likely N-dealkylation sites (N-methyl/N-ethyl adjacent to an activating group) is 1. The molecule has 2 nitrogen and oxygen atoms in total. The summed E-state index contributed by atoms with van der Waals surface area (Å²) in [7, 11) is 0. The van der Waals surface area contributed by atoms with Crippen LogP contribution in [-0.4, -0.2) is 13.2 Å². The minimum atomic E-state index is 0.276. The monoisotopic (exact) mass is 295 g/mol. The highest BCUT2D eigenvalue weighted by atomic mass is 79.9. The molecule has 0 radical (unpaired) electrons. The molecule has 0 bridgehead atoms. The van der Waals surface area contributed by atoms with Gasteiger partial charge in [-0.2, -0.15) is 0 Å². The average molecular weight is 296 g/mol. The van der Waals surface area contributed by atoms with Gasteiger partial charge in [0.05, 0.1) is 18.9 Å². The number of hydrogen-bond donors (Lipinski definition) is 1. The Kier molecular flexibility index (Phi) is 4.63. The molecular formula is C14H18BrNO. The molecule has 2 rings (SSSR count). The maximum absolute atomic E-state index is 5.45. The predicted octanol–water partition coefficient (Wildman–Crippen LogP) is 3.79. The normalized spacial score (nSPS) is 17.2. The number of halogens is 1. The third-order valence-electron chi connectivity index (χ3n) is 2.92. The minimum absolute atomic E-state index is 0.276. The molecule has 1 aromatic rings. The van der Waals surface area contributed by atoms with Crippen LogP contribution in [0.4, 0.5) is 0 Å². The highest BCUT2D eigenvalue weighted by Gasteiger charge is 2.18. The van der Waals surface area contributed by atoms with Crippen LogP contribution in [-0.2, 0) is 4.74 Å². The minimum Gasteiger partial charge on any atom is -0.501 e. The van der Waals surface area contributed by atoms with Crippen molar-refractivity contribution in [1.29, 1.82) is 0 Å². The van der Waals surface area contributed by atoms with Crippen LogP contribution in [0.25, 0.3) is 0 Å². The summed E-state index contributed by atoms with van der Waals surface area (Å²) in [4.78, 5) is 0. The molecule has 0 amide bonds. The van der Waals surface area contributed by atoms with Gasteiger partial charge in [0.1, 0.15) is 0 Å². The van der Waals surface area contributed by atoms with Gasteiger partial charge in [-0.15, -0.1) is 0 Å². The van der Waals surface area contributed by atoms with Gasteiger partial charge in [-0.25, -0.2) is 0 Å². The lowest BCUT2D eigenvalue weighted by molar-refractivity contribution is 0.219. The van der Waals surface area contributed by atoms with Crippen molar-refractivity contribution in [3.63, 3.8) is 0 Å². The molecule has 1 heterocycles. The standard InChI is InChI=1S/C14H18BrNO/c1-2-16-14(12-6-4-8-17-10-12)11-5-3-7-13(15)9-11/h3,5,7,9-10,14,16H,2,4,6,8H2,1H3. The molecule has 1 atom stereocenters. The Morgan fingerprint density at radius 1 is 1.47 bits per heavy atom. The summed E-state index contributed by atoms with van der Waals surface area (Å²) in [5.41, 5.74) is 2.63. The zero-order valence-electron chi connectivity index (χ0n) is 10.1. The van der Waals surface area contributed by atoms with E-state index in [9.17, 15) is 0 Å². The summed E-state index contributed by atoms with van der Waals surface area (Å²) in [6.45, 7) is 3.94. The SMILES string of the molecule is CCNC(C1=COCCC1)c1cccc(Br)c1. The van der Waals surface area contributed by atoms with E-state index in [1.165, 1.54) is 11.1 Å². The summed E-state index contributed by atoms with van der Waals surface area (Å²) >= 11 is 3.53. The van der Waals surface area contributed by atoms with Crippen LogP contribution in [0.5, 0.6) is 0 Å². The van der Waals surface area contributed by atoms with E-state index < -0.39 is 0 Å². The van der Waals surface area contributed by atoms with Crippen molar-refractivity contribution in [1.82, 2.24) is 5.32 Å². The highest BCUT2D eigenvalue weighted by Crippen LogP contribution is 2.29. The lowest BCUT2D eigenvalue weighted by Crippen LogP contribution is -2.24. The summed E-state index contributed by atoms with van der Waals surface area (Å²) in [6.07, 6.45) is 4.16. The fourth-order valence-electron chi connectivity index (χ4n) is 2.15. The van der Waals surface area contributed by atoms with Gasteiger partial charge < -0.3 is 10.1 Å². The largest absolute Gasteiger partial charge is 0.501 e. The quantitative estimate of drug-likeness (QED) is 0.912. The average Bonchev–Trinajstić information content (AvgIpc) is 2.37. The van der Waals surface area contributed by atoms with Gasteiger partial charge in [-0.1, -0.05) is 35.0 Å². The van der Waals surface area contributed by atoms with Crippen LogP contribution in [0.15, 0.2) is 40.6 Å². The number of ether oxygens (including phenoxy) is 1. The first-order valence-electron chi connectivity index (χ1n) is 6.10. The lowest BCUT2D eigenvalue weighted by atomic mass is 9.95. The molecule has 1 aromatic carbocycles. The van der Waals surface area contributed by atoms with E-state index >= 15 is 0 Å². The van der Waals surface area contributed by atoms with E-state index in [-0.39, 0.29) is 6.04 Å². The van der Waals surface area contributed by atoms with Gasteiger partial charge >= 0.3 is 0 Å². The Balaban J connectivity index is 2.24. The fraction of sp³-hybridized carbons (Fsp3) is 0.429. The molecule has 1 unspecified atom stereocenters. The molecule has 0 aromatic heterocycles. The highest BCUT2D eigenvalue weighted by molar-refractivity contribution is 9.10. The van der Waals surface area contributed by atoms with E-state index in [0.29, 0.717) is 0 Å². The van der Waals surface area contributed by atoms with Crippen LogP contribution in [0.3, 0.4) is 0 Å². The molecule has 1 aliphatic rings. The topological polar surface area (TPSA) is 21.3 Å². The second kappa shape index (κ2) is 6.22. The van der Waals surface area contributed by atoms with Crippen molar-refractivity contribution >= 4 is 15.9 Å². The van der Waals surface area contributed by atoms with E-state index in [2.05, 4.69) is 52.4 Å². The summed E-state index contributed by atoms with van der Waals surface area (Å²) in [5, 5.41) is 3.53. The van der Waals surface area contributed by atoms with Crippen molar-refractivity contribution in [2.24, 2.45) is 0 Å². The second-order valence-electron chi connectivity index (χ2n) is 4.21. The zero-order chi connectivity index (χ0) is 12.1. The first-order chi connectivity index (χ1) is 8.31. The summed E-state index contributed by atoms with van der Waals surface area (Å²) in [5.74, 6) is 0. The maximum Gasteiger partial charge on any atom is 0.0876 e. The van der Waals surface area contributed by atoms with Crippen LogP contribution < -0.4 is 5.32 Å². The van der Waals surface area contributed by atoms with Crippen LogP contribution >= 0.6 is 15.9 Å². The summed E-state index contributed by atoms with van der Waals surface area (Å²) in [6, 6.07) is 8.74. The van der Waals surface area contributed by atoms with E-state index in [1.807, 2.05) is 6.26 Å². The summed E-state index contributed by atoms with van der Waals surface area (Å²) < 4.78 is 6.57. The van der Waals surface area contributed by atoms with Gasteiger partial charge in [-0.05, 0) is 42.7 Å². The van der Waals surface area contributed by atoms with Crippen molar-refractivity contribution in [3.05, 3.63) is 46.1 Å². The van der Waals surface area contributed by atoms with E-state index in [0.717, 1.165) is 30.5 Å². The third-order valence-corrected chi connectivity index (χ3v) is 3.42. The lowest BCUT2D eigenvalue weighted by Gasteiger charge is -2.24. The number of benzene rings is 1. The first-order valence-corrected chi connectivity index (χ1v) is 6.90. The number of hydrogen-bond acceptors (Lipinski definition) is 2. The van der Waals surface area contributed by atoms with Crippen molar-refractivity contribution in [2.45, 2.75) is 25.8 Å². The number of nitrogens with one attached hydrogen (secondary N) is 1. The molecular weight excluding hydrogens is 278 g/mol. The Morgan fingerprint density at radius 3 is 3.00 bits per heavy atom. The van der Waals surface area contributed by atoms with Gasteiger partial charge in [0.2, 0.25) is 0 Å². The van der Waals surface area contributed by atoms with Crippen LogP contribution in [0.1, 0.15) is 31.4 Å². The van der Waals surface area contributed by atoms with Gasteiger partial charge in [0.15, 0.2) is 0 Å².